The van der Waals surface area contributed by atoms with Gasteiger partial charge >= 0.3 is 11.9 Å². The number of carbonyl (C=O) groups excluding carboxylic acids is 2. The minimum atomic E-state index is -0.793. The summed E-state index contributed by atoms with van der Waals surface area (Å²) in [6.45, 7) is 3.87. The Kier molecular flexibility index (Phi) is 2.54. The lowest BCUT2D eigenvalue weighted by atomic mass is 9.70. The number of rotatable bonds is 2. The first kappa shape index (κ1) is 10.9. The van der Waals surface area contributed by atoms with Gasteiger partial charge in [-0.3, -0.25) is 9.59 Å². The lowest BCUT2D eigenvalue weighted by molar-refractivity contribution is -0.154. The fourth-order valence-corrected chi connectivity index (χ4v) is 2.26. The van der Waals surface area contributed by atoms with Gasteiger partial charge in [-0.25, -0.2) is 0 Å². The minimum Gasteiger partial charge on any atom is -0.392 e. The lowest BCUT2D eigenvalue weighted by Crippen LogP contribution is -2.37. The van der Waals surface area contributed by atoms with Gasteiger partial charge in [-0.1, -0.05) is 44.2 Å². The SMILES string of the molecule is CC(C)C1(c2ccccc2)CC(=O)OC1=O. The molecule has 3 heteroatoms. The summed E-state index contributed by atoms with van der Waals surface area (Å²) in [6.07, 6.45) is 0.146. The molecule has 84 valence electrons. The summed E-state index contributed by atoms with van der Waals surface area (Å²) in [5.74, 6) is -0.810. The van der Waals surface area contributed by atoms with Crippen LogP contribution >= 0.6 is 0 Å². The molecular weight excluding hydrogens is 204 g/mol. The molecule has 0 aromatic heterocycles. The molecule has 1 atom stereocenters. The zero-order valence-electron chi connectivity index (χ0n) is 9.40. The summed E-state index contributed by atoms with van der Waals surface area (Å²) < 4.78 is 4.72. The van der Waals surface area contributed by atoms with Crippen LogP contribution in [-0.4, -0.2) is 11.9 Å². The molecule has 3 nitrogen and oxygen atoms in total. The summed E-state index contributed by atoms with van der Waals surface area (Å²) in [7, 11) is 0. The van der Waals surface area contributed by atoms with Gasteiger partial charge in [0.25, 0.3) is 0 Å². The molecule has 0 bridgehead atoms. The van der Waals surface area contributed by atoms with Crippen molar-refractivity contribution in [2.75, 3.05) is 0 Å². The number of hydrogen-bond donors (Lipinski definition) is 0. The first-order valence-electron chi connectivity index (χ1n) is 5.38. The molecular formula is C13H14O3. The van der Waals surface area contributed by atoms with Crippen LogP contribution in [0, 0.1) is 5.92 Å². The second-order valence-electron chi connectivity index (χ2n) is 4.43. The maximum Gasteiger partial charge on any atom is 0.325 e. The zero-order valence-corrected chi connectivity index (χ0v) is 9.40. The maximum absolute atomic E-state index is 11.9. The Bertz CT molecular complexity index is 422. The standard InChI is InChI=1S/C13H14O3/c1-9(2)13(8-11(14)16-12(13)15)10-6-4-3-5-7-10/h3-7,9H,8H2,1-2H3. The Balaban J connectivity index is 2.53. The van der Waals surface area contributed by atoms with Gasteiger partial charge < -0.3 is 4.74 Å². The minimum absolute atomic E-state index is 0.0360. The molecule has 0 radical (unpaired) electrons. The highest BCUT2D eigenvalue weighted by Gasteiger charge is 2.52. The first-order chi connectivity index (χ1) is 7.57. The van der Waals surface area contributed by atoms with Crippen LogP contribution in [0.3, 0.4) is 0 Å². The van der Waals surface area contributed by atoms with Gasteiger partial charge in [-0.15, -0.1) is 0 Å². The number of cyclic esters (lactones) is 2. The number of ether oxygens (including phenoxy) is 1. The Hall–Kier alpha value is -1.64. The molecule has 1 aromatic carbocycles. The highest BCUT2D eigenvalue weighted by atomic mass is 16.6. The van der Waals surface area contributed by atoms with E-state index in [1.165, 1.54) is 0 Å². The quantitative estimate of drug-likeness (QED) is 0.563. The normalized spacial score (nSPS) is 24.9. The third-order valence-corrected chi connectivity index (χ3v) is 3.27. The summed E-state index contributed by atoms with van der Waals surface area (Å²) in [5, 5.41) is 0. The summed E-state index contributed by atoms with van der Waals surface area (Å²) in [6, 6.07) is 9.38. The smallest absolute Gasteiger partial charge is 0.325 e. The molecule has 1 fully saturated rings. The largest absolute Gasteiger partial charge is 0.392 e. The van der Waals surface area contributed by atoms with Crippen LogP contribution in [0.4, 0.5) is 0 Å². The molecule has 0 spiro atoms. The molecule has 1 aromatic rings. The van der Waals surface area contributed by atoms with Crippen LogP contribution in [0.25, 0.3) is 0 Å². The van der Waals surface area contributed by atoms with Crippen LogP contribution in [-0.2, 0) is 19.7 Å². The third-order valence-electron chi connectivity index (χ3n) is 3.27. The van der Waals surface area contributed by atoms with Gasteiger partial charge in [0.1, 0.15) is 5.41 Å². The van der Waals surface area contributed by atoms with Crippen molar-refractivity contribution in [3.8, 4) is 0 Å². The van der Waals surface area contributed by atoms with E-state index >= 15 is 0 Å². The van der Waals surface area contributed by atoms with Crippen LogP contribution in [0.5, 0.6) is 0 Å². The van der Waals surface area contributed by atoms with E-state index in [2.05, 4.69) is 0 Å². The molecule has 16 heavy (non-hydrogen) atoms. The molecule has 0 saturated carbocycles. The van der Waals surface area contributed by atoms with Crippen molar-refractivity contribution in [1.82, 2.24) is 0 Å². The van der Waals surface area contributed by atoms with E-state index in [4.69, 9.17) is 4.74 Å². The molecule has 2 rings (SSSR count). The topological polar surface area (TPSA) is 43.4 Å². The van der Waals surface area contributed by atoms with Crippen molar-refractivity contribution in [3.63, 3.8) is 0 Å². The second kappa shape index (κ2) is 3.74. The molecule has 0 amide bonds. The van der Waals surface area contributed by atoms with E-state index in [-0.39, 0.29) is 12.3 Å². The van der Waals surface area contributed by atoms with Gasteiger partial charge in [0.05, 0.1) is 6.42 Å². The van der Waals surface area contributed by atoms with Crippen molar-refractivity contribution < 1.29 is 14.3 Å². The van der Waals surface area contributed by atoms with Crippen molar-refractivity contribution in [2.24, 2.45) is 5.92 Å². The summed E-state index contributed by atoms with van der Waals surface area (Å²) >= 11 is 0. The van der Waals surface area contributed by atoms with E-state index in [0.29, 0.717) is 0 Å². The van der Waals surface area contributed by atoms with Crippen molar-refractivity contribution in [2.45, 2.75) is 25.7 Å². The van der Waals surface area contributed by atoms with E-state index in [0.717, 1.165) is 5.56 Å². The Morgan fingerprint density at radius 1 is 1.19 bits per heavy atom. The molecule has 1 heterocycles. The van der Waals surface area contributed by atoms with Crippen LogP contribution in [0.2, 0.25) is 0 Å². The first-order valence-corrected chi connectivity index (χ1v) is 5.38. The molecule has 1 aliphatic heterocycles. The van der Waals surface area contributed by atoms with E-state index in [1.807, 2.05) is 44.2 Å². The predicted molar refractivity (Wildman–Crippen MR) is 58.7 cm³/mol. The average Bonchev–Trinajstić information content (AvgIpc) is 2.56. The third kappa shape index (κ3) is 1.43. The van der Waals surface area contributed by atoms with Crippen LogP contribution in [0.1, 0.15) is 25.8 Å². The van der Waals surface area contributed by atoms with Crippen molar-refractivity contribution in [3.05, 3.63) is 35.9 Å². The van der Waals surface area contributed by atoms with Crippen molar-refractivity contribution >= 4 is 11.9 Å². The summed E-state index contributed by atoms with van der Waals surface area (Å²) in [5.41, 5.74) is 0.0686. The second-order valence-corrected chi connectivity index (χ2v) is 4.43. The average molecular weight is 218 g/mol. The highest BCUT2D eigenvalue weighted by Crippen LogP contribution is 2.41. The van der Waals surface area contributed by atoms with E-state index in [1.54, 1.807) is 0 Å². The van der Waals surface area contributed by atoms with E-state index < -0.39 is 17.4 Å². The monoisotopic (exact) mass is 218 g/mol. The molecule has 1 unspecified atom stereocenters. The maximum atomic E-state index is 11.9. The van der Waals surface area contributed by atoms with Gasteiger partial charge in [-0.05, 0) is 11.5 Å². The van der Waals surface area contributed by atoms with Gasteiger partial charge in [0, 0.05) is 0 Å². The molecule has 1 aliphatic rings. The Morgan fingerprint density at radius 2 is 1.81 bits per heavy atom. The predicted octanol–water partition coefficient (Wildman–Crippen LogP) is 2.05. The number of carbonyl (C=O) groups is 2. The Morgan fingerprint density at radius 3 is 2.25 bits per heavy atom. The molecule has 0 N–H and O–H groups in total. The van der Waals surface area contributed by atoms with Gasteiger partial charge in [-0.2, -0.15) is 0 Å². The molecule has 0 aliphatic carbocycles. The summed E-state index contributed by atoms with van der Waals surface area (Å²) in [4.78, 5) is 23.2. The fraction of sp³-hybridized carbons (Fsp3) is 0.385. The van der Waals surface area contributed by atoms with Gasteiger partial charge in [0.2, 0.25) is 0 Å². The van der Waals surface area contributed by atoms with E-state index in [9.17, 15) is 9.59 Å². The number of benzene rings is 1. The van der Waals surface area contributed by atoms with Crippen LogP contribution < -0.4 is 0 Å². The fourth-order valence-electron chi connectivity index (χ4n) is 2.26. The van der Waals surface area contributed by atoms with Crippen molar-refractivity contribution in [1.29, 1.82) is 0 Å². The zero-order chi connectivity index (χ0) is 11.8. The van der Waals surface area contributed by atoms with Gasteiger partial charge in [0.15, 0.2) is 0 Å². The lowest BCUT2D eigenvalue weighted by Gasteiger charge is -2.28. The highest BCUT2D eigenvalue weighted by molar-refractivity contribution is 6.01. The molecule has 1 saturated heterocycles. The van der Waals surface area contributed by atoms with Crippen LogP contribution in [0.15, 0.2) is 30.3 Å². The Labute approximate surface area is 94.4 Å². The number of hydrogen-bond acceptors (Lipinski definition) is 3. The number of esters is 2.